The van der Waals surface area contributed by atoms with Crippen LogP contribution < -0.4 is 10.2 Å². The second-order valence-electron chi connectivity index (χ2n) is 5.99. The molecule has 144 valence electrons. The summed E-state index contributed by atoms with van der Waals surface area (Å²) in [6, 6.07) is 14.7. The Morgan fingerprint density at radius 3 is 2.79 bits per heavy atom. The van der Waals surface area contributed by atoms with Crippen molar-refractivity contribution >= 4 is 28.4 Å². The van der Waals surface area contributed by atoms with Gasteiger partial charge in [-0.25, -0.2) is 4.98 Å². The number of aromatic nitrogens is 1. The van der Waals surface area contributed by atoms with E-state index >= 15 is 0 Å². The van der Waals surface area contributed by atoms with E-state index in [-0.39, 0.29) is 11.4 Å². The number of hydrogen-bond acceptors (Lipinski definition) is 7. The van der Waals surface area contributed by atoms with Gasteiger partial charge < -0.3 is 4.74 Å². The number of rotatable bonds is 8. The Labute approximate surface area is 166 Å². The van der Waals surface area contributed by atoms with Crippen LogP contribution >= 0.6 is 11.3 Å². The van der Waals surface area contributed by atoms with Gasteiger partial charge in [-0.1, -0.05) is 37.3 Å². The number of anilines is 1. The summed E-state index contributed by atoms with van der Waals surface area (Å²) in [5, 5.41) is 16.1. The van der Waals surface area contributed by atoms with Gasteiger partial charge in [-0.2, -0.15) is 5.10 Å². The van der Waals surface area contributed by atoms with E-state index in [0.717, 1.165) is 22.6 Å². The minimum atomic E-state index is -0.452. The van der Waals surface area contributed by atoms with Gasteiger partial charge in [-0.05, 0) is 25.5 Å². The first-order valence-corrected chi connectivity index (χ1v) is 9.63. The monoisotopic (exact) mass is 396 g/mol. The minimum absolute atomic E-state index is 0.0751. The van der Waals surface area contributed by atoms with Gasteiger partial charge in [0, 0.05) is 22.1 Å². The number of nitro groups is 1. The number of nitrogens with one attached hydrogen (secondary N) is 1. The molecule has 8 heteroatoms. The van der Waals surface area contributed by atoms with Crippen molar-refractivity contribution in [3.05, 3.63) is 69.1 Å². The largest absolute Gasteiger partial charge is 0.487 e. The number of hydrogen-bond donors (Lipinski definition) is 1. The minimum Gasteiger partial charge on any atom is -0.487 e. The highest BCUT2D eigenvalue weighted by molar-refractivity contribution is 7.15. The predicted molar refractivity (Wildman–Crippen MR) is 112 cm³/mol. The van der Waals surface area contributed by atoms with Gasteiger partial charge in [0.2, 0.25) is 5.13 Å². The Morgan fingerprint density at radius 2 is 2.07 bits per heavy atom. The van der Waals surface area contributed by atoms with Gasteiger partial charge in [0.1, 0.15) is 0 Å². The first-order chi connectivity index (χ1) is 13.6. The molecule has 0 saturated heterocycles. The van der Waals surface area contributed by atoms with Crippen molar-refractivity contribution < 1.29 is 9.66 Å². The Hall–Kier alpha value is -3.26. The molecule has 0 aliphatic heterocycles. The number of nitro benzene ring substituents is 1. The summed E-state index contributed by atoms with van der Waals surface area (Å²) >= 11 is 1.50. The lowest BCUT2D eigenvalue weighted by molar-refractivity contribution is -0.385. The summed E-state index contributed by atoms with van der Waals surface area (Å²) in [5.74, 6) is 0.264. The molecule has 7 nitrogen and oxygen atoms in total. The Balaban J connectivity index is 1.73. The summed E-state index contributed by atoms with van der Waals surface area (Å²) in [5.41, 5.74) is 5.38. The highest BCUT2D eigenvalue weighted by Crippen LogP contribution is 2.30. The van der Waals surface area contributed by atoms with Crippen molar-refractivity contribution in [2.45, 2.75) is 20.3 Å². The van der Waals surface area contributed by atoms with Crippen LogP contribution in [0.5, 0.6) is 5.75 Å². The van der Waals surface area contributed by atoms with Crippen LogP contribution in [-0.4, -0.2) is 22.7 Å². The summed E-state index contributed by atoms with van der Waals surface area (Å²) < 4.78 is 5.42. The molecule has 1 N–H and O–H groups in total. The molecule has 0 amide bonds. The number of nitrogens with zero attached hydrogens (tertiary/aromatic N) is 3. The Kier molecular flexibility index (Phi) is 6.33. The summed E-state index contributed by atoms with van der Waals surface area (Å²) in [4.78, 5) is 16.5. The summed E-state index contributed by atoms with van der Waals surface area (Å²) in [6.07, 6.45) is 2.30. The van der Waals surface area contributed by atoms with Crippen molar-refractivity contribution in [2.24, 2.45) is 5.10 Å². The third-order valence-corrected chi connectivity index (χ3v) is 4.73. The normalized spacial score (nSPS) is 10.9. The van der Waals surface area contributed by atoms with Crippen molar-refractivity contribution in [1.82, 2.24) is 4.98 Å². The lowest BCUT2D eigenvalue weighted by Crippen LogP contribution is -2.00. The zero-order valence-electron chi connectivity index (χ0n) is 15.6. The second kappa shape index (κ2) is 9.09. The maximum absolute atomic E-state index is 11.3. The predicted octanol–water partition coefficient (Wildman–Crippen LogP) is 5.26. The zero-order valence-corrected chi connectivity index (χ0v) is 16.4. The van der Waals surface area contributed by atoms with Gasteiger partial charge in [0.15, 0.2) is 5.75 Å². The summed E-state index contributed by atoms with van der Waals surface area (Å²) in [7, 11) is 0. The van der Waals surface area contributed by atoms with Crippen LogP contribution in [-0.2, 0) is 0 Å². The maximum atomic E-state index is 11.3. The van der Waals surface area contributed by atoms with E-state index in [0.29, 0.717) is 17.3 Å². The van der Waals surface area contributed by atoms with Gasteiger partial charge in [0.05, 0.1) is 23.4 Å². The van der Waals surface area contributed by atoms with Crippen LogP contribution in [0.1, 0.15) is 23.8 Å². The van der Waals surface area contributed by atoms with E-state index in [2.05, 4.69) is 15.5 Å². The van der Waals surface area contributed by atoms with E-state index in [1.54, 1.807) is 12.1 Å². The molecular formula is C20H20N4O3S. The van der Waals surface area contributed by atoms with E-state index < -0.39 is 4.92 Å². The van der Waals surface area contributed by atoms with Gasteiger partial charge >= 0.3 is 5.69 Å². The lowest BCUT2D eigenvalue weighted by Gasteiger charge is -2.05. The zero-order chi connectivity index (χ0) is 19.9. The molecule has 0 radical (unpaired) electrons. The first-order valence-electron chi connectivity index (χ1n) is 8.81. The average Bonchev–Trinajstić information content (AvgIpc) is 3.08. The lowest BCUT2D eigenvalue weighted by atomic mass is 10.1. The van der Waals surface area contributed by atoms with E-state index in [4.69, 9.17) is 4.74 Å². The molecule has 0 atom stereocenters. The average molecular weight is 396 g/mol. The van der Waals surface area contributed by atoms with E-state index in [1.165, 1.54) is 23.6 Å². The molecule has 0 aliphatic carbocycles. The first kappa shape index (κ1) is 19.5. The Bertz CT molecular complexity index is 986. The van der Waals surface area contributed by atoms with Crippen molar-refractivity contribution in [3.63, 3.8) is 0 Å². The number of hydrazone groups is 1. The Morgan fingerprint density at radius 1 is 1.29 bits per heavy atom. The molecule has 3 aromatic rings. The van der Waals surface area contributed by atoms with Crippen molar-refractivity contribution in [1.29, 1.82) is 0 Å². The molecule has 2 aromatic carbocycles. The molecule has 3 rings (SSSR count). The number of benzene rings is 2. The fourth-order valence-corrected chi connectivity index (χ4v) is 3.35. The number of aryl methyl sites for hydroxylation is 1. The van der Waals surface area contributed by atoms with Gasteiger partial charge in [-0.3, -0.25) is 15.5 Å². The van der Waals surface area contributed by atoms with E-state index in [1.807, 2.05) is 44.2 Å². The molecule has 0 aliphatic rings. The second-order valence-corrected chi connectivity index (χ2v) is 7.20. The third kappa shape index (κ3) is 4.72. The maximum Gasteiger partial charge on any atom is 0.311 e. The standard InChI is InChI=1S/C20H20N4O3S/c1-3-11-27-18-10-9-15(12-17(18)24(25)26)13-21-23-20-22-19(14(2)28-20)16-7-5-4-6-8-16/h4-10,12-13H,3,11H2,1-2H3,(H,22,23)/b21-13-. The molecule has 1 heterocycles. The van der Waals surface area contributed by atoms with Crippen LogP contribution in [0.15, 0.2) is 53.6 Å². The number of ether oxygens (including phenoxy) is 1. The fourth-order valence-electron chi connectivity index (χ4n) is 2.56. The molecule has 0 spiro atoms. The molecule has 0 saturated carbocycles. The number of thiazole rings is 1. The van der Waals surface area contributed by atoms with Crippen LogP contribution in [0.25, 0.3) is 11.3 Å². The van der Waals surface area contributed by atoms with Crippen molar-refractivity contribution in [3.8, 4) is 17.0 Å². The smallest absolute Gasteiger partial charge is 0.311 e. The molecule has 28 heavy (non-hydrogen) atoms. The van der Waals surface area contributed by atoms with Crippen molar-refractivity contribution in [2.75, 3.05) is 12.0 Å². The highest BCUT2D eigenvalue weighted by Gasteiger charge is 2.15. The molecule has 0 fully saturated rings. The van der Waals surface area contributed by atoms with Crippen LogP contribution in [0.4, 0.5) is 10.8 Å². The quantitative estimate of drug-likeness (QED) is 0.319. The van der Waals surface area contributed by atoms with Crippen LogP contribution in [0.3, 0.4) is 0 Å². The third-order valence-electron chi connectivity index (χ3n) is 3.86. The molecule has 1 aromatic heterocycles. The molecule has 0 bridgehead atoms. The highest BCUT2D eigenvalue weighted by atomic mass is 32.1. The van der Waals surface area contributed by atoms with E-state index in [9.17, 15) is 10.1 Å². The van der Waals surface area contributed by atoms with Crippen LogP contribution in [0, 0.1) is 17.0 Å². The van der Waals surface area contributed by atoms with Gasteiger partial charge in [0.25, 0.3) is 0 Å². The SMILES string of the molecule is CCCOc1ccc(/C=N\Nc2nc(-c3ccccc3)c(C)s2)cc1[N+](=O)[O-]. The fraction of sp³-hybridized carbons (Fsp3) is 0.200. The van der Waals surface area contributed by atoms with Gasteiger partial charge in [-0.15, -0.1) is 11.3 Å². The van der Waals surface area contributed by atoms with Crippen LogP contribution in [0.2, 0.25) is 0 Å². The molecular weight excluding hydrogens is 376 g/mol. The molecule has 0 unspecified atom stereocenters. The summed E-state index contributed by atoms with van der Waals surface area (Å²) in [6.45, 7) is 4.39. The topological polar surface area (TPSA) is 89.7 Å².